The van der Waals surface area contributed by atoms with Crippen LogP contribution in [0.15, 0.2) is 0 Å². The Hall–Kier alpha value is 0.0169. The zero-order valence-corrected chi connectivity index (χ0v) is 15.2. The third-order valence-electron chi connectivity index (χ3n) is 3.06. The summed E-state index contributed by atoms with van der Waals surface area (Å²) in [4.78, 5) is 0. The quantitative estimate of drug-likeness (QED) is 0.297. The Morgan fingerprint density at radius 3 is 2.10 bits per heavy atom. The average molecular weight is 321 g/mol. The fraction of sp³-hybridized carbons (Fsp3) is 1.00. The molecule has 1 fully saturated rings. The second-order valence-corrected chi connectivity index (χ2v) is 9.28. The van der Waals surface area contributed by atoms with Gasteiger partial charge in [-0.3, -0.25) is 0 Å². The van der Waals surface area contributed by atoms with Crippen LogP contribution < -0.4 is 0 Å². The van der Waals surface area contributed by atoms with Crippen LogP contribution in [0.3, 0.4) is 0 Å². The van der Waals surface area contributed by atoms with E-state index in [1.807, 2.05) is 0 Å². The normalized spacial score (nSPS) is 18.7. The third-order valence-corrected chi connectivity index (χ3v) is 5.86. The molecule has 0 amide bonds. The van der Waals surface area contributed by atoms with E-state index in [0.29, 0.717) is 44.4 Å². The smallest absolute Gasteiger partial charge is 0.379 e. The van der Waals surface area contributed by atoms with E-state index in [2.05, 4.69) is 27.7 Å². The first-order valence-corrected chi connectivity index (χ1v) is 9.93. The molecule has 1 rings (SSSR count). The number of epoxide rings is 1. The molecular formula is C15H32O5Si. The second-order valence-electron chi connectivity index (χ2n) is 6.43. The first-order valence-electron chi connectivity index (χ1n) is 8.00. The van der Waals surface area contributed by atoms with Crippen LogP contribution in [0, 0.1) is 11.8 Å². The molecule has 0 aromatic carbocycles. The van der Waals surface area contributed by atoms with Gasteiger partial charge in [0, 0.05) is 33.0 Å². The number of ether oxygens (including phenoxy) is 2. The molecule has 1 aliphatic heterocycles. The fourth-order valence-electron chi connectivity index (χ4n) is 1.76. The van der Waals surface area contributed by atoms with Gasteiger partial charge in [0.1, 0.15) is 6.10 Å². The van der Waals surface area contributed by atoms with Crippen molar-refractivity contribution in [2.75, 3.05) is 40.1 Å². The van der Waals surface area contributed by atoms with Crippen molar-refractivity contribution in [1.82, 2.24) is 0 Å². The monoisotopic (exact) mass is 320 g/mol. The highest BCUT2D eigenvalue weighted by atomic mass is 28.4. The third kappa shape index (κ3) is 8.90. The van der Waals surface area contributed by atoms with Gasteiger partial charge in [0.2, 0.25) is 0 Å². The Labute approximate surface area is 130 Å². The van der Waals surface area contributed by atoms with E-state index in [1.54, 1.807) is 7.11 Å². The zero-order chi connectivity index (χ0) is 15.7. The van der Waals surface area contributed by atoms with Gasteiger partial charge in [-0.05, 0) is 18.3 Å². The van der Waals surface area contributed by atoms with Gasteiger partial charge in [0.15, 0.2) is 0 Å². The standard InChI is InChI=1S/C15H32O5Si/c1-13(2)9-19-21(16-5,20-10-14(3)4)8-6-7-17-11-15-12-18-15/h13-15H,6-12H2,1-5H3. The molecule has 0 saturated carbocycles. The highest BCUT2D eigenvalue weighted by Gasteiger charge is 2.40. The van der Waals surface area contributed by atoms with Gasteiger partial charge < -0.3 is 22.8 Å². The van der Waals surface area contributed by atoms with Crippen molar-refractivity contribution in [1.29, 1.82) is 0 Å². The molecule has 1 atom stereocenters. The number of hydrogen-bond acceptors (Lipinski definition) is 5. The molecule has 0 spiro atoms. The van der Waals surface area contributed by atoms with Gasteiger partial charge >= 0.3 is 8.80 Å². The summed E-state index contributed by atoms with van der Waals surface area (Å²) in [5, 5.41) is 0. The van der Waals surface area contributed by atoms with Crippen LogP contribution in [0.1, 0.15) is 34.1 Å². The highest BCUT2D eigenvalue weighted by molar-refractivity contribution is 6.60. The van der Waals surface area contributed by atoms with Crippen LogP contribution in [0.2, 0.25) is 6.04 Å². The van der Waals surface area contributed by atoms with Crippen LogP contribution in [0.4, 0.5) is 0 Å². The van der Waals surface area contributed by atoms with Crippen molar-refractivity contribution in [3.05, 3.63) is 0 Å². The van der Waals surface area contributed by atoms with Crippen LogP contribution in [-0.4, -0.2) is 55.1 Å². The minimum atomic E-state index is -2.57. The Morgan fingerprint density at radius 1 is 1.10 bits per heavy atom. The first-order chi connectivity index (χ1) is 9.97. The predicted octanol–water partition coefficient (Wildman–Crippen LogP) is 2.72. The second kappa shape index (κ2) is 9.92. The molecule has 0 aromatic rings. The topological polar surface area (TPSA) is 49.5 Å². The van der Waals surface area contributed by atoms with E-state index in [4.69, 9.17) is 22.8 Å². The summed E-state index contributed by atoms with van der Waals surface area (Å²) in [5.41, 5.74) is 0. The van der Waals surface area contributed by atoms with Crippen molar-refractivity contribution in [2.45, 2.75) is 46.3 Å². The maximum atomic E-state index is 6.04. The summed E-state index contributed by atoms with van der Waals surface area (Å²) in [6.07, 6.45) is 1.21. The van der Waals surface area contributed by atoms with Gasteiger partial charge in [0.05, 0.1) is 13.2 Å². The van der Waals surface area contributed by atoms with E-state index in [0.717, 1.165) is 19.1 Å². The van der Waals surface area contributed by atoms with E-state index in [1.165, 1.54) is 0 Å². The Bertz CT molecular complexity index is 257. The largest absolute Gasteiger partial charge is 0.500 e. The zero-order valence-electron chi connectivity index (χ0n) is 14.2. The van der Waals surface area contributed by atoms with Crippen molar-refractivity contribution in [2.24, 2.45) is 11.8 Å². The Kier molecular flexibility index (Phi) is 9.00. The maximum Gasteiger partial charge on any atom is 0.500 e. The molecule has 1 unspecified atom stereocenters. The van der Waals surface area contributed by atoms with Crippen molar-refractivity contribution in [3.63, 3.8) is 0 Å². The summed E-state index contributed by atoms with van der Waals surface area (Å²) in [6, 6.07) is 0.800. The summed E-state index contributed by atoms with van der Waals surface area (Å²) in [6.45, 7) is 12.1. The lowest BCUT2D eigenvalue weighted by Crippen LogP contribution is -2.46. The number of hydrogen-bond donors (Lipinski definition) is 0. The van der Waals surface area contributed by atoms with E-state index < -0.39 is 8.80 Å². The summed E-state index contributed by atoms with van der Waals surface area (Å²) >= 11 is 0. The fourth-order valence-corrected chi connectivity index (χ4v) is 4.33. The molecular weight excluding hydrogens is 288 g/mol. The average Bonchev–Trinajstić information content (AvgIpc) is 3.25. The molecule has 0 aromatic heterocycles. The van der Waals surface area contributed by atoms with Crippen molar-refractivity contribution in [3.8, 4) is 0 Å². The SMILES string of the molecule is CO[Si](CCCOCC1CO1)(OCC(C)C)OCC(C)C. The Balaban J connectivity index is 2.34. The molecule has 6 heteroatoms. The van der Waals surface area contributed by atoms with Gasteiger partial charge in [-0.2, -0.15) is 0 Å². The van der Waals surface area contributed by atoms with Crippen LogP contribution in [0.5, 0.6) is 0 Å². The summed E-state index contributed by atoms with van der Waals surface area (Å²) in [7, 11) is -0.868. The minimum absolute atomic E-state index is 0.323. The Morgan fingerprint density at radius 2 is 1.67 bits per heavy atom. The lowest BCUT2D eigenvalue weighted by atomic mass is 10.2. The van der Waals surface area contributed by atoms with Gasteiger partial charge in [0.25, 0.3) is 0 Å². The minimum Gasteiger partial charge on any atom is -0.379 e. The molecule has 0 N–H and O–H groups in total. The lowest BCUT2D eigenvalue weighted by Gasteiger charge is -2.29. The molecule has 0 radical (unpaired) electrons. The molecule has 0 bridgehead atoms. The van der Waals surface area contributed by atoms with E-state index >= 15 is 0 Å². The summed E-state index contributed by atoms with van der Waals surface area (Å²) < 4.78 is 28.5. The molecule has 1 aliphatic rings. The van der Waals surface area contributed by atoms with Crippen molar-refractivity contribution >= 4 is 8.80 Å². The predicted molar refractivity (Wildman–Crippen MR) is 84.3 cm³/mol. The summed E-state index contributed by atoms with van der Waals surface area (Å²) in [5.74, 6) is 0.941. The molecule has 0 aliphatic carbocycles. The highest BCUT2D eigenvalue weighted by Crippen LogP contribution is 2.20. The van der Waals surface area contributed by atoms with Gasteiger partial charge in [-0.25, -0.2) is 0 Å². The van der Waals surface area contributed by atoms with Crippen LogP contribution in [0.25, 0.3) is 0 Å². The molecule has 21 heavy (non-hydrogen) atoms. The molecule has 1 heterocycles. The number of rotatable bonds is 13. The lowest BCUT2D eigenvalue weighted by molar-refractivity contribution is 0.0545. The maximum absolute atomic E-state index is 6.04. The van der Waals surface area contributed by atoms with Gasteiger partial charge in [-0.15, -0.1) is 0 Å². The van der Waals surface area contributed by atoms with E-state index in [-0.39, 0.29) is 0 Å². The van der Waals surface area contributed by atoms with Gasteiger partial charge in [-0.1, -0.05) is 27.7 Å². The van der Waals surface area contributed by atoms with Crippen LogP contribution >= 0.6 is 0 Å². The molecule has 1 saturated heterocycles. The molecule has 5 nitrogen and oxygen atoms in total. The van der Waals surface area contributed by atoms with Crippen LogP contribution in [-0.2, 0) is 22.8 Å². The molecule has 126 valence electrons. The van der Waals surface area contributed by atoms with Crippen molar-refractivity contribution < 1.29 is 22.8 Å². The van der Waals surface area contributed by atoms with E-state index in [9.17, 15) is 0 Å². The first kappa shape index (κ1) is 19.1.